The summed E-state index contributed by atoms with van der Waals surface area (Å²) in [6, 6.07) is 6.77. The number of carbonyl (C=O) groups excluding carboxylic acids is 1. The Bertz CT molecular complexity index is 525. The Morgan fingerprint density at radius 2 is 2.09 bits per heavy atom. The molecule has 0 spiro atoms. The molecule has 0 saturated carbocycles. The standard InChI is InChI=1S/C17H25N3O2/c1-2-22-17(21)20-11-9-19(10-12-20)8-6-14-3-4-16-15(13-14)5-7-18-16/h3-4,13,18H,2,5-12H2,1H3. The molecule has 0 aliphatic carbocycles. The van der Waals surface area contributed by atoms with E-state index in [0.29, 0.717) is 6.61 Å². The first kappa shape index (κ1) is 15.2. The summed E-state index contributed by atoms with van der Waals surface area (Å²) in [5, 5.41) is 3.40. The molecule has 22 heavy (non-hydrogen) atoms. The van der Waals surface area contributed by atoms with Crippen LogP contribution in [0.3, 0.4) is 0 Å². The van der Waals surface area contributed by atoms with Crippen LogP contribution < -0.4 is 5.32 Å². The highest BCUT2D eigenvalue weighted by atomic mass is 16.6. The van der Waals surface area contributed by atoms with Crippen molar-refractivity contribution in [1.29, 1.82) is 0 Å². The van der Waals surface area contributed by atoms with Gasteiger partial charge in [-0.15, -0.1) is 0 Å². The van der Waals surface area contributed by atoms with Crippen molar-refractivity contribution in [2.75, 3.05) is 51.2 Å². The zero-order valence-electron chi connectivity index (χ0n) is 13.3. The minimum Gasteiger partial charge on any atom is -0.450 e. The number of rotatable bonds is 4. The highest BCUT2D eigenvalue weighted by Crippen LogP contribution is 2.23. The number of nitrogens with zero attached hydrogens (tertiary/aromatic N) is 2. The van der Waals surface area contributed by atoms with Gasteiger partial charge in [-0.1, -0.05) is 12.1 Å². The lowest BCUT2D eigenvalue weighted by atomic mass is 10.1. The van der Waals surface area contributed by atoms with Crippen molar-refractivity contribution in [3.8, 4) is 0 Å². The van der Waals surface area contributed by atoms with E-state index < -0.39 is 0 Å². The Kier molecular flexibility index (Phi) is 4.83. The number of benzene rings is 1. The second-order valence-corrected chi connectivity index (χ2v) is 5.95. The Labute approximate surface area is 132 Å². The van der Waals surface area contributed by atoms with Gasteiger partial charge in [-0.25, -0.2) is 4.79 Å². The molecule has 0 bridgehead atoms. The number of piperazine rings is 1. The predicted octanol–water partition coefficient (Wildman–Crippen LogP) is 1.97. The van der Waals surface area contributed by atoms with Crippen LogP contribution in [0.5, 0.6) is 0 Å². The molecule has 120 valence electrons. The van der Waals surface area contributed by atoms with Gasteiger partial charge in [0.25, 0.3) is 0 Å². The van der Waals surface area contributed by atoms with Gasteiger partial charge in [0.15, 0.2) is 0 Å². The highest BCUT2D eigenvalue weighted by Gasteiger charge is 2.21. The molecule has 1 aromatic carbocycles. The molecular weight excluding hydrogens is 278 g/mol. The first-order valence-corrected chi connectivity index (χ1v) is 8.26. The molecule has 0 unspecified atom stereocenters. The second-order valence-electron chi connectivity index (χ2n) is 5.95. The van der Waals surface area contributed by atoms with E-state index in [-0.39, 0.29) is 6.09 Å². The molecule has 2 heterocycles. The van der Waals surface area contributed by atoms with Crippen LogP contribution in [0.4, 0.5) is 10.5 Å². The fourth-order valence-electron chi connectivity index (χ4n) is 3.17. The van der Waals surface area contributed by atoms with Crippen LogP contribution in [0, 0.1) is 0 Å². The van der Waals surface area contributed by atoms with Gasteiger partial charge in [-0.3, -0.25) is 4.90 Å². The number of hydrogen-bond acceptors (Lipinski definition) is 4. The summed E-state index contributed by atoms with van der Waals surface area (Å²) in [6.07, 6.45) is 2.04. The van der Waals surface area contributed by atoms with Crippen LogP contribution in [-0.2, 0) is 17.6 Å². The van der Waals surface area contributed by atoms with Crippen molar-refractivity contribution >= 4 is 11.8 Å². The van der Waals surface area contributed by atoms with Crippen LogP contribution in [-0.4, -0.2) is 61.8 Å². The molecule has 0 radical (unpaired) electrons. The topological polar surface area (TPSA) is 44.8 Å². The maximum absolute atomic E-state index is 11.7. The third-order valence-electron chi connectivity index (χ3n) is 4.49. The minimum absolute atomic E-state index is 0.173. The first-order valence-electron chi connectivity index (χ1n) is 8.26. The molecule has 2 aliphatic rings. The lowest BCUT2D eigenvalue weighted by Crippen LogP contribution is -2.49. The molecule has 2 aliphatic heterocycles. The number of carbonyl (C=O) groups is 1. The van der Waals surface area contributed by atoms with Crippen LogP contribution >= 0.6 is 0 Å². The Balaban J connectivity index is 1.44. The minimum atomic E-state index is -0.173. The van der Waals surface area contributed by atoms with Gasteiger partial charge >= 0.3 is 6.09 Å². The lowest BCUT2D eigenvalue weighted by Gasteiger charge is -2.34. The van der Waals surface area contributed by atoms with Crippen molar-refractivity contribution in [3.63, 3.8) is 0 Å². The SMILES string of the molecule is CCOC(=O)N1CCN(CCc2ccc3c(c2)CCN3)CC1. The normalized spacial score (nSPS) is 18.0. The van der Waals surface area contributed by atoms with Crippen LogP contribution in [0.25, 0.3) is 0 Å². The zero-order chi connectivity index (χ0) is 15.4. The number of anilines is 1. The van der Waals surface area contributed by atoms with Gasteiger partial charge < -0.3 is 15.0 Å². The molecule has 0 atom stereocenters. The number of fused-ring (bicyclic) bond motifs is 1. The average Bonchev–Trinajstić information content (AvgIpc) is 3.01. The summed E-state index contributed by atoms with van der Waals surface area (Å²) in [5.41, 5.74) is 4.16. The van der Waals surface area contributed by atoms with Crippen molar-refractivity contribution < 1.29 is 9.53 Å². The van der Waals surface area contributed by atoms with E-state index in [9.17, 15) is 4.79 Å². The quantitative estimate of drug-likeness (QED) is 0.924. The van der Waals surface area contributed by atoms with Crippen molar-refractivity contribution in [2.45, 2.75) is 19.8 Å². The molecule has 1 amide bonds. The monoisotopic (exact) mass is 303 g/mol. The fraction of sp³-hybridized carbons (Fsp3) is 0.588. The Hall–Kier alpha value is -1.75. The maximum atomic E-state index is 11.7. The number of ether oxygens (including phenoxy) is 1. The van der Waals surface area contributed by atoms with Gasteiger partial charge in [-0.05, 0) is 37.0 Å². The molecule has 5 nitrogen and oxygen atoms in total. The Morgan fingerprint density at radius 3 is 2.86 bits per heavy atom. The van der Waals surface area contributed by atoms with Gasteiger partial charge in [0.2, 0.25) is 0 Å². The molecule has 1 N–H and O–H groups in total. The van der Waals surface area contributed by atoms with Gasteiger partial charge in [0.05, 0.1) is 6.61 Å². The molecular formula is C17H25N3O2. The molecule has 0 aromatic heterocycles. The zero-order valence-corrected chi connectivity index (χ0v) is 13.3. The van der Waals surface area contributed by atoms with Crippen LogP contribution in [0.1, 0.15) is 18.1 Å². The Morgan fingerprint density at radius 1 is 1.27 bits per heavy atom. The van der Waals surface area contributed by atoms with E-state index in [1.54, 1.807) is 4.90 Å². The molecule has 1 saturated heterocycles. The lowest BCUT2D eigenvalue weighted by molar-refractivity contribution is 0.0799. The summed E-state index contributed by atoms with van der Waals surface area (Å²) in [7, 11) is 0. The second kappa shape index (κ2) is 7.01. The van der Waals surface area contributed by atoms with E-state index >= 15 is 0 Å². The molecule has 5 heteroatoms. The van der Waals surface area contributed by atoms with Crippen LogP contribution in [0.2, 0.25) is 0 Å². The average molecular weight is 303 g/mol. The molecule has 1 aromatic rings. The maximum Gasteiger partial charge on any atom is 0.409 e. The summed E-state index contributed by atoms with van der Waals surface area (Å²) in [4.78, 5) is 15.9. The summed E-state index contributed by atoms with van der Waals surface area (Å²) >= 11 is 0. The molecule has 1 fully saturated rings. The van der Waals surface area contributed by atoms with E-state index in [1.807, 2.05) is 6.92 Å². The van der Waals surface area contributed by atoms with E-state index in [1.165, 1.54) is 16.8 Å². The van der Waals surface area contributed by atoms with E-state index in [0.717, 1.165) is 52.1 Å². The third kappa shape index (κ3) is 3.53. The van der Waals surface area contributed by atoms with Gasteiger partial charge in [0.1, 0.15) is 0 Å². The van der Waals surface area contributed by atoms with Crippen LogP contribution in [0.15, 0.2) is 18.2 Å². The smallest absolute Gasteiger partial charge is 0.409 e. The summed E-state index contributed by atoms with van der Waals surface area (Å²) in [6.45, 7) is 7.83. The summed E-state index contributed by atoms with van der Waals surface area (Å²) < 4.78 is 5.05. The number of hydrogen-bond donors (Lipinski definition) is 1. The largest absolute Gasteiger partial charge is 0.450 e. The fourth-order valence-corrected chi connectivity index (χ4v) is 3.17. The summed E-state index contributed by atoms with van der Waals surface area (Å²) in [5.74, 6) is 0. The van der Waals surface area contributed by atoms with Crippen molar-refractivity contribution in [1.82, 2.24) is 9.80 Å². The van der Waals surface area contributed by atoms with E-state index in [2.05, 4.69) is 28.4 Å². The van der Waals surface area contributed by atoms with Gasteiger partial charge in [-0.2, -0.15) is 0 Å². The highest BCUT2D eigenvalue weighted by molar-refractivity contribution is 5.67. The third-order valence-corrected chi connectivity index (χ3v) is 4.49. The number of nitrogens with one attached hydrogen (secondary N) is 1. The van der Waals surface area contributed by atoms with Crippen molar-refractivity contribution in [2.24, 2.45) is 0 Å². The van der Waals surface area contributed by atoms with Crippen molar-refractivity contribution in [3.05, 3.63) is 29.3 Å². The van der Waals surface area contributed by atoms with E-state index in [4.69, 9.17) is 4.74 Å². The molecule has 3 rings (SSSR count). The predicted molar refractivity (Wildman–Crippen MR) is 87.4 cm³/mol. The van der Waals surface area contributed by atoms with Gasteiger partial charge in [0, 0.05) is 45.0 Å². The first-order chi connectivity index (χ1) is 10.8. The number of amides is 1.